The molecule has 1 aliphatic rings. The second kappa shape index (κ2) is 6.77. The Bertz CT molecular complexity index is 824. The van der Waals surface area contributed by atoms with Gasteiger partial charge in [0.25, 0.3) is 5.56 Å². The van der Waals surface area contributed by atoms with E-state index in [4.69, 9.17) is 4.74 Å². The normalized spacial score (nSPS) is 15.5. The summed E-state index contributed by atoms with van der Waals surface area (Å²) in [7, 11) is 1.37. The van der Waals surface area contributed by atoms with Crippen molar-refractivity contribution in [1.29, 1.82) is 0 Å². The number of carbonyl (C=O) groups is 2. The van der Waals surface area contributed by atoms with E-state index in [-0.39, 0.29) is 29.9 Å². The summed E-state index contributed by atoms with van der Waals surface area (Å²) < 4.78 is 5.81. The van der Waals surface area contributed by atoms with Crippen molar-refractivity contribution in [2.45, 2.75) is 19.4 Å². The van der Waals surface area contributed by atoms with Gasteiger partial charge in [0.15, 0.2) is 0 Å². The van der Waals surface area contributed by atoms with E-state index >= 15 is 0 Å². The highest BCUT2D eigenvalue weighted by Gasteiger charge is 2.28. The minimum atomic E-state index is -0.335. The molecule has 1 aromatic carbocycles. The van der Waals surface area contributed by atoms with Crippen LogP contribution >= 0.6 is 0 Å². The van der Waals surface area contributed by atoms with Gasteiger partial charge in [-0.15, -0.1) is 5.10 Å². The fourth-order valence-corrected chi connectivity index (χ4v) is 2.89. The van der Waals surface area contributed by atoms with Gasteiger partial charge < -0.3 is 9.64 Å². The molecule has 8 heteroatoms. The van der Waals surface area contributed by atoms with E-state index < -0.39 is 0 Å². The van der Waals surface area contributed by atoms with E-state index in [0.717, 1.165) is 4.68 Å². The maximum absolute atomic E-state index is 12.4. The third-order valence-electron chi connectivity index (χ3n) is 4.30. The summed E-state index contributed by atoms with van der Waals surface area (Å²) in [6.07, 6.45) is 1.13. The van der Waals surface area contributed by atoms with E-state index in [1.54, 1.807) is 29.2 Å². The maximum Gasteiger partial charge on any atom is 0.308 e. The third-order valence-corrected chi connectivity index (χ3v) is 4.30. The number of aromatic nitrogens is 3. The minimum absolute atomic E-state index is 0.153. The number of esters is 1. The molecule has 0 aliphatic carbocycles. The summed E-state index contributed by atoms with van der Waals surface area (Å²) in [6, 6.07) is 6.88. The summed E-state index contributed by atoms with van der Waals surface area (Å²) in [5, 5.41) is 8.23. The highest BCUT2D eigenvalue weighted by molar-refractivity contribution is 5.79. The molecule has 126 valence electrons. The van der Waals surface area contributed by atoms with Crippen molar-refractivity contribution in [2.24, 2.45) is 5.92 Å². The highest BCUT2D eigenvalue weighted by atomic mass is 16.5. The van der Waals surface area contributed by atoms with Gasteiger partial charge in [-0.25, -0.2) is 4.68 Å². The van der Waals surface area contributed by atoms with Crippen LogP contribution < -0.4 is 5.56 Å². The molecule has 1 saturated heterocycles. The van der Waals surface area contributed by atoms with Gasteiger partial charge >= 0.3 is 5.97 Å². The van der Waals surface area contributed by atoms with E-state index in [2.05, 4.69) is 10.3 Å². The van der Waals surface area contributed by atoms with Gasteiger partial charge in [0.1, 0.15) is 12.1 Å². The first-order chi connectivity index (χ1) is 11.6. The number of likely N-dealkylation sites (tertiary alicyclic amines) is 1. The Labute approximate surface area is 138 Å². The topological polar surface area (TPSA) is 94.4 Å². The fraction of sp³-hybridized carbons (Fsp3) is 0.438. The van der Waals surface area contributed by atoms with Gasteiger partial charge in [-0.2, -0.15) is 0 Å². The lowest BCUT2D eigenvalue weighted by molar-refractivity contribution is -0.149. The zero-order chi connectivity index (χ0) is 17.1. The van der Waals surface area contributed by atoms with Crippen LogP contribution in [0.15, 0.2) is 29.1 Å². The van der Waals surface area contributed by atoms with E-state index in [0.29, 0.717) is 36.8 Å². The van der Waals surface area contributed by atoms with Gasteiger partial charge in [-0.1, -0.05) is 17.3 Å². The smallest absolute Gasteiger partial charge is 0.308 e. The van der Waals surface area contributed by atoms with Crippen LogP contribution in [-0.4, -0.2) is 52.0 Å². The highest BCUT2D eigenvalue weighted by Crippen LogP contribution is 2.18. The summed E-state index contributed by atoms with van der Waals surface area (Å²) in [6.45, 7) is 0.780. The van der Waals surface area contributed by atoms with Crippen LogP contribution in [0, 0.1) is 5.92 Å². The summed E-state index contributed by atoms with van der Waals surface area (Å²) in [5.74, 6) is -0.606. The van der Waals surface area contributed by atoms with Crippen molar-refractivity contribution in [2.75, 3.05) is 20.2 Å². The number of benzene rings is 1. The molecule has 0 N–H and O–H groups in total. The standard InChI is InChI=1S/C16H18N4O4/c1-24-16(23)11-6-8-19(9-7-11)14(21)10-20-15(22)12-4-2-3-5-13(12)17-18-20/h2-5,11H,6-10H2,1H3. The summed E-state index contributed by atoms with van der Waals surface area (Å²) in [4.78, 5) is 37.9. The van der Waals surface area contributed by atoms with Crippen molar-refractivity contribution in [1.82, 2.24) is 19.9 Å². The first-order valence-electron chi connectivity index (χ1n) is 7.78. The van der Waals surface area contributed by atoms with E-state index in [9.17, 15) is 14.4 Å². The number of hydrogen-bond donors (Lipinski definition) is 0. The monoisotopic (exact) mass is 330 g/mol. The second-order valence-electron chi connectivity index (χ2n) is 5.75. The quantitative estimate of drug-likeness (QED) is 0.746. The van der Waals surface area contributed by atoms with E-state index in [1.165, 1.54) is 7.11 Å². The number of nitrogens with zero attached hydrogens (tertiary/aromatic N) is 4. The van der Waals surface area contributed by atoms with Crippen molar-refractivity contribution < 1.29 is 14.3 Å². The Balaban J connectivity index is 1.69. The van der Waals surface area contributed by atoms with Crippen molar-refractivity contribution in [3.05, 3.63) is 34.6 Å². The van der Waals surface area contributed by atoms with Crippen LogP contribution in [0.1, 0.15) is 12.8 Å². The number of methoxy groups -OCH3 is 1. The predicted molar refractivity (Wildman–Crippen MR) is 85.1 cm³/mol. The molecule has 0 spiro atoms. The molecule has 0 radical (unpaired) electrons. The van der Waals surface area contributed by atoms with Gasteiger partial charge in [0, 0.05) is 13.1 Å². The van der Waals surface area contributed by atoms with Gasteiger partial charge in [-0.3, -0.25) is 14.4 Å². The molecule has 1 aliphatic heterocycles. The molecule has 0 atom stereocenters. The van der Waals surface area contributed by atoms with Crippen molar-refractivity contribution in [3.8, 4) is 0 Å². The molecule has 0 unspecified atom stereocenters. The molecular weight excluding hydrogens is 312 g/mol. The number of amides is 1. The molecule has 0 saturated carbocycles. The Morgan fingerprint density at radius 2 is 1.96 bits per heavy atom. The zero-order valence-corrected chi connectivity index (χ0v) is 13.3. The van der Waals surface area contributed by atoms with Gasteiger partial charge in [-0.05, 0) is 25.0 Å². The lowest BCUT2D eigenvalue weighted by atomic mass is 9.97. The van der Waals surface area contributed by atoms with Gasteiger partial charge in [0.2, 0.25) is 5.91 Å². The molecule has 0 bridgehead atoms. The molecular formula is C16H18N4O4. The van der Waals surface area contributed by atoms with Crippen LogP contribution in [0.3, 0.4) is 0 Å². The first-order valence-corrected chi connectivity index (χ1v) is 7.78. The van der Waals surface area contributed by atoms with Crippen molar-refractivity contribution in [3.63, 3.8) is 0 Å². The average molecular weight is 330 g/mol. The Kier molecular flexibility index (Phi) is 4.54. The van der Waals surface area contributed by atoms with Crippen LogP contribution in [0.2, 0.25) is 0 Å². The molecule has 3 rings (SSSR count). The van der Waals surface area contributed by atoms with Gasteiger partial charge in [0.05, 0.1) is 18.4 Å². The van der Waals surface area contributed by atoms with E-state index in [1.807, 2.05) is 0 Å². The second-order valence-corrected chi connectivity index (χ2v) is 5.75. The minimum Gasteiger partial charge on any atom is -0.469 e. The summed E-state index contributed by atoms with van der Waals surface area (Å²) in [5.41, 5.74) is 0.170. The lowest BCUT2D eigenvalue weighted by Gasteiger charge is -2.30. The maximum atomic E-state index is 12.4. The molecule has 1 aromatic heterocycles. The van der Waals surface area contributed by atoms with Crippen LogP contribution in [-0.2, 0) is 20.9 Å². The zero-order valence-electron chi connectivity index (χ0n) is 13.3. The lowest BCUT2D eigenvalue weighted by Crippen LogP contribution is -2.43. The average Bonchev–Trinajstić information content (AvgIpc) is 2.63. The number of rotatable bonds is 3. The molecule has 8 nitrogen and oxygen atoms in total. The Morgan fingerprint density at radius 1 is 1.25 bits per heavy atom. The van der Waals surface area contributed by atoms with Crippen LogP contribution in [0.4, 0.5) is 0 Å². The largest absolute Gasteiger partial charge is 0.469 e. The molecule has 2 aromatic rings. The number of hydrogen-bond acceptors (Lipinski definition) is 6. The van der Waals surface area contributed by atoms with Crippen molar-refractivity contribution >= 4 is 22.8 Å². The summed E-state index contributed by atoms with van der Waals surface area (Å²) >= 11 is 0. The van der Waals surface area contributed by atoms with Crippen LogP contribution in [0.5, 0.6) is 0 Å². The predicted octanol–water partition coefficient (Wildman–Crippen LogP) is 0.203. The first kappa shape index (κ1) is 16.1. The molecule has 1 amide bonds. The number of ether oxygens (including phenoxy) is 1. The fourth-order valence-electron chi connectivity index (χ4n) is 2.89. The number of piperidine rings is 1. The number of carbonyl (C=O) groups excluding carboxylic acids is 2. The molecule has 1 fully saturated rings. The SMILES string of the molecule is COC(=O)C1CCN(C(=O)Cn2nnc3ccccc3c2=O)CC1. The Morgan fingerprint density at radius 3 is 2.67 bits per heavy atom. The Hall–Kier alpha value is -2.77. The third kappa shape index (κ3) is 3.12. The molecule has 2 heterocycles. The van der Waals surface area contributed by atoms with Crippen LogP contribution in [0.25, 0.3) is 10.9 Å². The molecule has 24 heavy (non-hydrogen) atoms. The number of fused-ring (bicyclic) bond motifs is 1.